The number of aryl methyl sites for hydroxylation is 3. The number of methoxy groups -OCH3 is 1. The van der Waals surface area contributed by atoms with Crippen LogP contribution in [0.2, 0.25) is 0 Å². The minimum Gasteiger partial charge on any atom is -0.493 e. The van der Waals surface area contributed by atoms with Gasteiger partial charge in [0.15, 0.2) is 0 Å². The van der Waals surface area contributed by atoms with Gasteiger partial charge in [-0.3, -0.25) is 0 Å². The molecule has 0 unspecified atom stereocenters. The van der Waals surface area contributed by atoms with E-state index in [1.54, 1.807) is 13.0 Å². The molecular formula is C31H38F6N4O3. The zero-order valence-corrected chi connectivity index (χ0v) is 25.4. The molecule has 13 heteroatoms. The van der Waals surface area contributed by atoms with Crippen molar-refractivity contribution < 1.29 is 40.6 Å². The molecule has 7 nitrogen and oxygen atoms in total. The van der Waals surface area contributed by atoms with Gasteiger partial charge in [0.05, 0.1) is 6.61 Å². The van der Waals surface area contributed by atoms with E-state index in [1.807, 2.05) is 39.0 Å². The number of ether oxygens (including phenoxy) is 3. The molecule has 44 heavy (non-hydrogen) atoms. The number of aromatic nitrogens is 4. The minimum atomic E-state index is -5.77. The molecule has 0 aliphatic carbocycles. The van der Waals surface area contributed by atoms with Gasteiger partial charge in [-0.25, -0.2) is 5.10 Å². The summed E-state index contributed by atoms with van der Waals surface area (Å²) in [7, 11) is 0.946. The second-order valence-corrected chi connectivity index (χ2v) is 10.6. The number of nitrogens with one attached hydrogen (secondary N) is 1. The molecule has 3 aromatic rings. The molecule has 0 aliphatic heterocycles. The van der Waals surface area contributed by atoms with Crippen molar-refractivity contribution in [2.75, 3.05) is 20.5 Å². The van der Waals surface area contributed by atoms with Crippen LogP contribution in [-0.2, 0) is 21.3 Å². The monoisotopic (exact) mass is 628 g/mol. The highest BCUT2D eigenvalue weighted by molar-refractivity contribution is 5.57. The maximum atomic E-state index is 13.7. The third-order valence-corrected chi connectivity index (χ3v) is 7.96. The molecule has 0 atom stereocenters. The number of rotatable bonds is 15. The molecule has 0 spiro atoms. The van der Waals surface area contributed by atoms with E-state index >= 15 is 0 Å². The molecule has 0 radical (unpaired) electrons. The summed E-state index contributed by atoms with van der Waals surface area (Å²) in [5.41, 5.74) is -1.34. The van der Waals surface area contributed by atoms with Crippen LogP contribution in [0.3, 0.4) is 0 Å². The standard InChI is InChI=1S/C31H38F6N4O3/c1-6-28(7-2,25-13-14-26(22(4)19-25)43-17-9-8-10-27-38-40-41-39-27)24-12-11-23(21(3)18-24)15-16-29(30(32,33)34,31(35,36)37)44-20-42-5/h11-16,18-19H,6-10,17,20H2,1-5H3,(H,38,39,40,41)/b16-15+. The van der Waals surface area contributed by atoms with Crippen molar-refractivity contribution in [1.82, 2.24) is 20.6 Å². The van der Waals surface area contributed by atoms with Crippen LogP contribution in [0.1, 0.15) is 73.2 Å². The van der Waals surface area contributed by atoms with Crippen molar-refractivity contribution in [3.05, 3.63) is 76.1 Å². The van der Waals surface area contributed by atoms with E-state index in [-0.39, 0.29) is 11.6 Å². The first kappa shape index (κ1) is 35.0. The van der Waals surface area contributed by atoms with Crippen LogP contribution >= 0.6 is 0 Å². The van der Waals surface area contributed by atoms with Gasteiger partial charge in [-0.15, -0.1) is 5.10 Å². The fraction of sp³-hybridized carbons (Fsp3) is 0.516. The lowest BCUT2D eigenvalue weighted by Crippen LogP contribution is -2.57. The number of alkyl halides is 6. The normalized spacial score (nSPS) is 13.2. The average Bonchev–Trinajstić information content (AvgIpc) is 3.48. The first-order valence-corrected chi connectivity index (χ1v) is 14.3. The molecule has 0 saturated heterocycles. The van der Waals surface area contributed by atoms with Crippen molar-refractivity contribution in [3.63, 3.8) is 0 Å². The summed E-state index contributed by atoms with van der Waals surface area (Å²) in [6.07, 6.45) is -6.89. The van der Waals surface area contributed by atoms with Crippen LogP contribution in [0.25, 0.3) is 6.08 Å². The molecule has 1 aromatic heterocycles. The highest BCUT2D eigenvalue weighted by atomic mass is 19.4. The van der Waals surface area contributed by atoms with Crippen molar-refractivity contribution in [2.45, 2.75) is 83.2 Å². The van der Waals surface area contributed by atoms with E-state index in [9.17, 15) is 26.3 Å². The number of nitrogens with zero attached hydrogens (tertiary/aromatic N) is 3. The fourth-order valence-corrected chi connectivity index (χ4v) is 5.28. The van der Waals surface area contributed by atoms with E-state index in [0.717, 1.165) is 60.7 Å². The molecule has 3 rings (SSSR count). The lowest BCUT2D eigenvalue weighted by atomic mass is 9.70. The number of H-pyrrole nitrogens is 1. The van der Waals surface area contributed by atoms with Gasteiger partial charge in [-0.05, 0) is 89.9 Å². The summed E-state index contributed by atoms with van der Waals surface area (Å²) >= 11 is 0. The number of hydrogen-bond acceptors (Lipinski definition) is 6. The lowest BCUT2D eigenvalue weighted by Gasteiger charge is -2.35. The predicted molar refractivity (Wildman–Crippen MR) is 153 cm³/mol. The van der Waals surface area contributed by atoms with Crippen LogP contribution in [0.15, 0.2) is 42.5 Å². The second kappa shape index (κ2) is 14.6. The van der Waals surface area contributed by atoms with Crippen LogP contribution < -0.4 is 4.74 Å². The Morgan fingerprint density at radius 2 is 1.50 bits per heavy atom. The third-order valence-electron chi connectivity index (χ3n) is 7.96. The smallest absolute Gasteiger partial charge is 0.430 e. The van der Waals surface area contributed by atoms with E-state index < -0.39 is 30.2 Å². The Balaban J connectivity index is 1.84. The summed E-state index contributed by atoms with van der Waals surface area (Å²) in [5.74, 6) is 1.49. The van der Waals surface area contributed by atoms with Crippen LogP contribution in [0, 0.1) is 13.8 Å². The molecule has 0 bridgehead atoms. The molecule has 1 heterocycles. The number of hydrogen-bond donors (Lipinski definition) is 1. The fourth-order valence-electron chi connectivity index (χ4n) is 5.28. The average molecular weight is 629 g/mol. The molecular weight excluding hydrogens is 590 g/mol. The lowest BCUT2D eigenvalue weighted by molar-refractivity contribution is -0.372. The molecule has 0 saturated carbocycles. The largest absolute Gasteiger partial charge is 0.493 e. The van der Waals surface area contributed by atoms with Gasteiger partial charge in [0, 0.05) is 18.9 Å². The molecule has 242 valence electrons. The molecule has 0 aliphatic rings. The van der Waals surface area contributed by atoms with Gasteiger partial charge in [0.2, 0.25) is 0 Å². The Hall–Kier alpha value is -3.45. The van der Waals surface area contributed by atoms with E-state index in [2.05, 4.69) is 36.2 Å². The van der Waals surface area contributed by atoms with Gasteiger partial charge in [0.1, 0.15) is 18.4 Å². The second-order valence-electron chi connectivity index (χ2n) is 10.6. The summed E-state index contributed by atoms with van der Waals surface area (Å²) in [6, 6.07) is 11.1. The minimum absolute atomic E-state index is 0.00836. The zero-order chi connectivity index (χ0) is 32.6. The molecule has 0 amide bonds. The number of unbranched alkanes of at least 4 members (excludes halogenated alkanes) is 1. The van der Waals surface area contributed by atoms with E-state index in [1.165, 1.54) is 6.07 Å². The van der Waals surface area contributed by atoms with Gasteiger partial charge in [-0.1, -0.05) is 50.3 Å². The topological polar surface area (TPSA) is 82.2 Å². The predicted octanol–water partition coefficient (Wildman–Crippen LogP) is 7.82. The van der Waals surface area contributed by atoms with Crippen LogP contribution in [0.4, 0.5) is 26.3 Å². The van der Waals surface area contributed by atoms with Gasteiger partial charge >= 0.3 is 12.4 Å². The Morgan fingerprint density at radius 1 is 0.864 bits per heavy atom. The summed E-state index contributed by atoms with van der Waals surface area (Å²) < 4.78 is 97.1. The van der Waals surface area contributed by atoms with Gasteiger partial charge in [0.25, 0.3) is 5.60 Å². The summed E-state index contributed by atoms with van der Waals surface area (Å²) in [5, 5.41) is 13.7. The van der Waals surface area contributed by atoms with Crippen molar-refractivity contribution in [2.24, 2.45) is 0 Å². The SMILES string of the molecule is CCC(CC)(c1ccc(/C=C/C(OCOC)(C(F)(F)F)C(F)(F)F)c(C)c1)c1ccc(OCCCCc2nnn[nH]2)c(C)c1. The van der Waals surface area contributed by atoms with Crippen LogP contribution in [0.5, 0.6) is 5.75 Å². The van der Waals surface area contributed by atoms with Gasteiger partial charge < -0.3 is 14.2 Å². The van der Waals surface area contributed by atoms with Gasteiger partial charge in [-0.2, -0.15) is 26.3 Å². The maximum Gasteiger partial charge on any atom is 0.430 e. The number of tetrazole rings is 1. The Bertz CT molecular complexity index is 1360. The highest BCUT2D eigenvalue weighted by Gasteiger charge is 2.71. The Morgan fingerprint density at radius 3 is 2.02 bits per heavy atom. The van der Waals surface area contributed by atoms with Crippen molar-refractivity contribution >= 4 is 6.08 Å². The third kappa shape index (κ3) is 7.60. The molecule has 1 N–H and O–H groups in total. The number of halogens is 6. The number of aromatic amines is 1. The Kier molecular flexibility index (Phi) is 11.6. The maximum absolute atomic E-state index is 13.7. The first-order chi connectivity index (χ1) is 20.7. The Labute approximate surface area is 253 Å². The molecule has 2 aromatic carbocycles. The first-order valence-electron chi connectivity index (χ1n) is 14.3. The zero-order valence-electron chi connectivity index (χ0n) is 25.4. The highest BCUT2D eigenvalue weighted by Crippen LogP contribution is 2.47. The molecule has 0 fully saturated rings. The summed E-state index contributed by atoms with van der Waals surface area (Å²) in [4.78, 5) is 0. The van der Waals surface area contributed by atoms with Crippen molar-refractivity contribution in [3.8, 4) is 5.75 Å². The van der Waals surface area contributed by atoms with E-state index in [4.69, 9.17) is 4.74 Å². The summed E-state index contributed by atoms with van der Waals surface area (Å²) in [6.45, 7) is 7.05. The quantitative estimate of drug-likeness (QED) is 0.105. The number of benzene rings is 2. The van der Waals surface area contributed by atoms with Crippen LogP contribution in [-0.4, -0.2) is 59.1 Å². The van der Waals surface area contributed by atoms with E-state index in [0.29, 0.717) is 25.0 Å². The van der Waals surface area contributed by atoms with Crippen molar-refractivity contribution in [1.29, 1.82) is 0 Å².